The second kappa shape index (κ2) is 58.7. The van der Waals surface area contributed by atoms with Gasteiger partial charge in [-0.15, -0.1) is 0 Å². The van der Waals surface area contributed by atoms with Crippen molar-refractivity contribution in [2.24, 2.45) is 5.92 Å². The van der Waals surface area contributed by atoms with E-state index < -0.39 is 28.0 Å². The molecule has 0 saturated heterocycles. The molecule has 0 aromatic heterocycles. The van der Waals surface area contributed by atoms with E-state index in [4.69, 9.17) is 131 Å². The first kappa shape index (κ1) is 104. The number of aliphatic hydroxyl groups is 5. The van der Waals surface area contributed by atoms with Crippen molar-refractivity contribution in [3.05, 3.63) is 191 Å². The summed E-state index contributed by atoms with van der Waals surface area (Å²) in [5.41, 5.74) is 6.62. The lowest BCUT2D eigenvalue weighted by Gasteiger charge is -2.31. The lowest BCUT2D eigenvalue weighted by molar-refractivity contribution is -0.0701. The van der Waals surface area contributed by atoms with Crippen molar-refractivity contribution in [1.82, 2.24) is 0 Å². The highest BCUT2D eigenvalue weighted by molar-refractivity contribution is 6.76. The second-order valence-corrected chi connectivity index (χ2v) is 32.9. The molecule has 7 aromatic carbocycles. The summed E-state index contributed by atoms with van der Waals surface area (Å²) in [5, 5.41) is 53.5. The maximum absolute atomic E-state index is 12.4. The summed E-state index contributed by atoms with van der Waals surface area (Å²) in [6.07, 6.45) is 22.3. The highest BCUT2D eigenvalue weighted by Gasteiger charge is 2.32. The number of rotatable bonds is 31. The molecule has 0 aliphatic heterocycles. The van der Waals surface area contributed by atoms with Gasteiger partial charge in [0.25, 0.3) is 3.79 Å². The summed E-state index contributed by atoms with van der Waals surface area (Å²) in [5.74, 6) is 6.87. The number of alkyl halides is 3. The molecule has 5 aliphatic rings. The van der Waals surface area contributed by atoms with E-state index in [2.05, 4.69) is 13.0 Å². The molecule has 0 amide bonds. The summed E-state index contributed by atoms with van der Waals surface area (Å²) >= 11 is 16.5. The number of halogens is 3. The van der Waals surface area contributed by atoms with Gasteiger partial charge in [-0.3, -0.25) is 5.41 Å². The minimum absolute atomic E-state index is 0.00361. The molecule has 0 spiro atoms. The zero-order valence-electron chi connectivity index (χ0n) is 74.1. The molecule has 27 heteroatoms. The van der Waals surface area contributed by atoms with Crippen molar-refractivity contribution in [3.63, 3.8) is 0 Å². The number of benzene rings is 7. The van der Waals surface area contributed by atoms with E-state index in [1.54, 1.807) is 114 Å². The van der Waals surface area contributed by atoms with Gasteiger partial charge in [0.15, 0.2) is 57.5 Å². The third-order valence-electron chi connectivity index (χ3n) is 21.9. The van der Waals surface area contributed by atoms with Crippen LogP contribution in [-0.2, 0) is 60.5 Å². The van der Waals surface area contributed by atoms with E-state index in [-0.39, 0.29) is 55.7 Å². The molecule has 6 N–H and O–H groups in total. The number of carbonyl (C=O) groups excluding carboxylic acids is 2. The van der Waals surface area contributed by atoms with Gasteiger partial charge in [-0.05, 0) is 221 Å². The van der Waals surface area contributed by atoms with Crippen LogP contribution in [0.3, 0.4) is 0 Å². The fraction of sp³-hybridized carbons (Fsp3) is 0.536. The van der Waals surface area contributed by atoms with Crippen LogP contribution in [0.15, 0.2) is 152 Å². The van der Waals surface area contributed by atoms with Gasteiger partial charge in [0, 0.05) is 13.0 Å². The van der Waals surface area contributed by atoms with Gasteiger partial charge in [-0.25, -0.2) is 9.59 Å². The maximum Gasteiger partial charge on any atom is 0.338 e. The van der Waals surface area contributed by atoms with E-state index in [9.17, 15) is 19.8 Å². The van der Waals surface area contributed by atoms with Crippen molar-refractivity contribution < 1.29 is 111 Å². The Bertz CT molecular complexity index is 4050. The fourth-order valence-electron chi connectivity index (χ4n) is 14.7. The summed E-state index contributed by atoms with van der Waals surface area (Å²) < 4.78 is 84.5. The first-order valence-electron chi connectivity index (χ1n) is 43.0. The molecular weight excluding hydrogens is 1650 g/mol. The standard InChI is InChI=1S/C23H28O5.C17H26O3.C16H24O4.C13H16O3.C12H14Cl3NO3.C10H14O3.C6H12O2/c1-25-19-13-12-17(16-22(19)26-2)14-15-27-20-10-6-7-11-21(20)28-23(24)18-8-4-3-5-9-18;1-13-6-4-5-7-15(13)20-11-10-14-8-9-16(18-2)17(12-14)19-3;1-18-15-8-7-12(11-16(15)19-2)9-10-20-14-6-4-3-5-13(14)17;14-11-8-4-5-9-12(11)16-13(15)10-6-2-1-3-7-10;1-17-9-4-3-8(7-10(9)18-2)5-6-19-11(16)12(13,14)15;1-12-9-4-3-8(5-6-11)7-10(9)13-2;7-5-3-1-2-4-6(5)8/h3-5,8-9,12-13,16,20-21H,6-7,10-11,14-15H2,1-2H3;8-9,12-13,15H,4-7,10-11H2,1-3H3;7-8,11,13-14,17H,3-6,9-10H2,1-2H3;1-3,6-7,11-12,14H,4-5,8-9H2;3-4,7,16H,5-6H2,1-2H3;3-4,7,11H,5-6H2,1-2H3;5-8H,1-4H2/t20-,21+;13-,15+;13-,14+;11-,12+;;;5-,6+/m1001.../s1. The average Bonchev–Trinajstić information content (AvgIpc) is 1.08. The third-order valence-corrected chi connectivity index (χ3v) is 22.5. The van der Waals surface area contributed by atoms with E-state index in [0.717, 1.165) is 174 Å². The third kappa shape index (κ3) is 37.2. The Morgan fingerprint density at radius 3 is 0.927 bits per heavy atom. The van der Waals surface area contributed by atoms with Crippen LogP contribution in [0, 0.1) is 11.3 Å². The topological polar surface area (TPSA) is 307 Å². The first-order chi connectivity index (χ1) is 60.0. The lowest BCUT2D eigenvalue weighted by Crippen LogP contribution is -2.36. The quantitative estimate of drug-likeness (QED) is 0.0102. The zero-order chi connectivity index (χ0) is 90.0. The number of aliphatic hydroxyl groups excluding tert-OH is 5. The monoisotopic (exact) mass is 1790 g/mol. The Kier molecular flexibility index (Phi) is 49.4. The van der Waals surface area contributed by atoms with Crippen LogP contribution in [-0.4, -0.2) is 206 Å². The Hall–Kier alpha value is -8.50. The summed E-state index contributed by atoms with van der Waals surface area (Å²) in [6.45, 7) is 4.67. The van der Waals surface area contributed by atoms with E-state index in [0.29, 0.717) is 83.7 Å². The first-order valence-corrected chi connectivity index (χ1v) is 44.1. The maximum atomic E-state index is 12.4. The van der Waals surface area contributed by atoms with Crippen LogP contribution >= 0.6 is 34.8 Å². The predicted octanol–water partition coefficient (Wildman–Crippen LogP) is 18.1. The molecule has 124 heavy (non-hydrogen) atoms. The molecule has 0 bridgehead atoms. The average molecular weight is 1790 g/mol. The molecule has 7 aromatic rings. The number of nitrogens with one attached hydrogen (secondary N) is 1. The van der Waals surface area contributed by atoms with Gasteiger partial charge < -0.3 is 101 Å². The number of hydrogen-bond acceptors (Lipinski definition) is 24. The number of esters is 2. The number of methoxy groups -OCH3 is 10. The largest absolute Gasteiger partial charge is 0.493 e. The molecule has 12 rings (SSSR count). The zero-order valence-corrected chi connectivity index (χ0v) is 76.4. The predicted molar refractivity (Wildman–Crippen MR) is 483 cm³/mol. The minimum atomic E-state index is -1.82. The molecule has 5 fully saturated rings. The molecule has 0 heterocycles. The summed E-state index contributed by atoms with van der Waals surface area (Å²) in [4.78, 5) is 24.1. The molecular formula is C97H134Cl3NO23. The molecule has 0 radical (unpaired) electrons. The Morgan fingerprint density at radius 2 is 0.605 bits per heavy atom. The molecule has 0 unspecified atom stereocenters. The smallest absolute Gasteiger partial charge is 0.338 e. The van der Waals surface area contributed by atoms with Crippen LogP contribution in [0.5, 0.6) is 57.5 Å². The Morgan fingerprint density at radius 1 is 0.331 bits per heavy atom. The SMILES string of the molecule is COc1ccc(CCO)cc1OC.COc1ccc(CCOC(=N)C(Cl)(Cl)Cl)cc1OC.COc1ccc(CCO[C@@H]2CCCC[C@@H]2C)cc1OC.COc1ccc(CCO[C@@H]2CCCC[C@@H]2O)cc1OC.COc1ccc(CCO[C@@H]2CCCC[C@@H]2OC(=O)c2ccccc2)cc1OC.O=C(O[C@H]1CCCC[C@H]1O)c1ccccc1.O[C@@H]1CCCC[C@@H]1O. The number of ether oxygens (including phenoxy) is 16. The molecule has 24 nitrogen and oxygen atoms in total. The highest BCUT2D eigenvalue weighted by atomic mass is 35.6. The van der Waals surface area contributed by atoms with E-state index in [1.165, 1.54) is 31.2 Å². The van der Waals surface area contributed by atoms with Gasteiger partial charge in [0.05, 0.1) is 151 Å². The summed E-state index contributed by atoms with van der Waals surface area (Å²) in [6, 6.07) is 47.0. The van der Waals surface area contributed by atoms with Gasteiger partial charge >= 0.3 is 11.9 Å². The van der Waals surface area contributed by atoms with Crippen LogP contribution < -0.4 is 47.4 Å². The van der Waals surface area contributed by atoms with E-state index >= 15 is 0 Å². The van der Waals surface area contributed by atoms with Crippen LogP contribution in [0.25, 0.3) is 0 Å². The van der Waals surface area contributed by atoms with Gasteiger partial charge in [0.2, 0.25) is 5.90 Å². The van der Waals surface area contributed by atoms with Gasteiger partial charge in [0.1, 0.15) is 12.2 Å². The molecule has 686 valence electrons. The van der Waals surface area contributed by atoms with Crippen LogP contribution in [0.2, 0.25) is 0 Å². The number of hydrogen-bond donors (Lipinski definition) is 6. The van der Waals surface area contributed by atoms with Crippen LogP contribution in [0.4, 0.5) is 0 Å². The molecule has 10 atom stereocenters. The second-order valence-electron chi connectivity index (χ2n) is 30.6. The van der Waals surface area contributed by atoms with Crippen molar-refractivity contribution in [2.45, 2.75) is 226 Å². The Labute approximate surface area is 749 Å². The van der Waals surface area contributed by atoms with E-state index in [1.807, 2.05) is 103 Å². The lowest BCUT2D eigenvalue weighted by atomic mass is 9.88. The van der Waals surface area contributed by atoms with Crippen LogP contribution in [0.1, 0.15) is 184 Å². The van der Waals surface area contributed by atoms with Gasteiger partial charge in [-0.1, -0.05) is 160 Å². The fourth-order valence-corrected chi connectivity index (χ4v) is 14.9. The van der Waals surface area contributed by atoms with Gasteiger partial charge in [-0.2, -0.15) is 0 Å². The van der Waals surface area contributed by atoms with Crippen molar-refractivity contribution in [3.8, 4) is 57.5 Å². The normalized spacial score (nSPS) is 20.1. The molecule has 5 saturated carbocycles. The minimum Gasteiger partial charge on any atom is -0.493 e. The highest BCUT2D eigenvalue weighted by Crippen LogP contribution is 2.36. The summed E-state index contributed by atoms with van der Waals surface area (Å²) in [7, 11) is 16.2. The van der Waals surface area contributed by atoms with Crippen molar-refractivity contribution in [1.29, 1.82) is 5.41 Å². The molecule has 5 aliphatic carbocycles. The Balaban J connectivity index is 0.000000229. The number of carbonyl (C=O) groups is 2. The van der Waals surface area contributed by atoms with Crippen molar-refractivity contribution >= 4 is 52.6 Å². The van der Waals surface area contributed by atoms with Crippen molar-refractivity contribution in [2.75, 3.05) is 104 Å².